The molecular weight excluding hydrogens is 240 g/mol. The molecule has 1 rings (SSSR count). The molecule has 1 aliphatic rings. The highest BCUT2D eigenvalue weighted by Crippen LogP contribution is 2.11. The number of carboxylic acids is 1. The lowest BCUT2D eigenvalue weighted by Gasteiger charge is -2.29. The Kier molecular flexibility index (Phi) is 5.61. The van der Waals surface area contributed by atoms with Gasteiger partial charge in [0.2, 0.25) is 0 Å². The number of nitrogens with zero attached hydrogens (tertiary/aromatic N) is 1. The fourth-order valence-corrected chi connectivity index (χ4v) is 2.58. The summed E-state index contributed by atoms with van der Waals surface area (Å²) in [5.41, 5.74) is 0. The third kappa shape index (κ3) is 4.11. The second kappa shape index (κ2) is 6.74. The first-order valence-corrected chi connectivity index (χ1v) is 7.07. The smallest absolute Gasteiger partial charge is 0.326 e. The third-order valence-electron chi connectivity index (χ3n) is 3.06. The van der Waals surface area contributed by atoms with Gasteiger partial charge < -0.3 is 15.3 Å². The average Bonchev–Trinajstić information content (AvgIpc) is 2.35. The van der Waals surface area contributed by atoms with E-state index in [1.807, 2.05) is 25.6 Å². The Morgan fingerprint density at radius 1 is 1.41 bits per heavy atom. The zero-order valence-corrected chi connectivity index (χ0v) is 11.1. The van der Waals surface area contributed by atoms with Crippen molar-refractivity contribution < 1.29 is 14.7 Å². The van der Waals surface area contributed by atoms with E-state index in [1.54, 1.807) is 4.90 Å². The minimum Gasteiger partial charge on any atom is -0.480 e. The van der Waals surface area contributed by atoms with Gasteiger partial charge in [-0.2, -0.15) is 11.8 Å². The van der Waals surface area contributed by atoms with Gasteiger partial charge in [-0.3, -0.25) is 0 Å². The molecule has 0 spiro atoms. The van der Waals surface area contributed by atoms with Crippen LogP contribution in [0, 0.1) is 5.92 Å². The van der Waals surface area contributed by atoms with Crippen LogP contribution < -0.4 is 5.32 Å². The fraction of sp³-hybridized carbons (Fsp3) is 0.818. The van der Waals surface area contributed by atoms with E-state index in [4.69, 9.17) is 5.11 Å². The van der Waals surface area contributed by atoms with E-state index in [0.717, 1.165) is 17.9 Å². The molecule has 5 nitrogen and oxygen atoms in total. The predicted octanol–water partition coefficient (Wildman–Crippen LogP) is 1.24. The van der Waals surface area contributed by atoms with E-state index < -0.39 is 12.0 Å². The Hall–Kier alpha value is -0.910. The summed E-state index contributed by atoms with van der Waals surface area (Å²) in [6.07, 6.45) is 0.729. The van der Waals surface area contributed by atoms with Crippen molar-refractivity contribution in [3.8, 4) is 0 Å². The fourth-order valence-electron chi connectivity index (χ4n) is 1.67. The summed E-state index contributed by atoms with van der Waals surface area (Å²) in [6.45, 7) is 5.15. The first-order valence-electron chi connectivity index (χ1n) is 5.92. The highest BCUT2D eigenvalue weighted by Gasteiger charge is 2.27. The number of amides is 2. The minimum atomic E-state index is -0.959. The maximum Gasteiger partial charge on any atom is 0.326 e. The second-order valence-corrected chi connectivity index (χ2v) is 5.48. The number of aliphatic carboxylic acids is 1. The van der Waals surface area contributed by atoms with E-state index in [2.05, 4.69) is 5.32 Å². The molecule has 0 radical (unpaired) electrons. The summed E-state index contributed by atoms with van der Waals surface area (Å²) in [4.78, 5) is 24.6. The van der Waals surface area contributed by atoms with Crippen molar-refractivity contribution in [3.05, 3.63) is 0 Å². The lowest BCUT2D eigenvalue weighted by Crippen LogP contribution is -2.52. The van der Waals surface area contributed by atoms with Gasteiger partial charge >= 0.3 is 12.0 Å². The summed E-state index contributed by atoms with van der Waals surface area (Å²) in [5.74, 6) is 0.831. The highest BCUT2D eigenvalue weighted by molar-refractivity contribution is 7.99. The van der Waals surface area contributed by atoms with Crippen LogP contribution in [0.5, 0.6) is 0 Å². The van der Waals surface area contributed by atoms with Crippen LogP contribution >= 0.6 is 11.8 Å². The molecule has 1 heterocycles. The van der Waals surface area contributed by atoms with Crippen molar-refractivity contribution in [1.82, 2.24) is 10.2 Å². The molecule has 2 atom stereocenters. The molecule has 2 N–H and O–H groups in total. The van der Waals surface area contributed by atoms with Crippen LogP contribution in [-0.4, -0.2) is 52.6 Å². The summed E-state index contributed by atoms with van der Waals surface area (Å²) in [7, 11) is 0. The Bertz CT molecular complexity index is 280. The Morgan fingerprint density at radius 2 is 2.00 bits per heavy atom. The van der Waals surface area contributed by atoms with Crippen LogP contribution in [0.1, 0.15) is 20.3 Å². The number of hydrogen-bond acceptors (Lipinski definition) is 3. The average molecular weight is 260 g/mol. The van der Waals surface area contributed by atoms with E-state index in [1.165, 1.54) is 0 Å². The van der Waals surface area contributed by atoms with Crippen LogP contribution in [-0.2, 0) is 4.79 Å². The molecule has 0 aromatic heterocycles. The number of rotatable bonds is 4. The van der Waals surface area contributed by atoms with Gasteiger partial charge in [-0.1, -0.05) is 20.3 Å². The number of hydrogen-bond donors (Lipinski definition) is 2. The van der Waals surface area contributed by atoms with Gasteiger partial charge in [-0.25, -0.2) is 9.59 Å². The summed E-state index contributed by atoms with van der Waals surface area (Å²) in [6, 6.07) is -1.04. The number of carboxylic acid groups (broad SMARTS) is 1. The van der Waals surface area contributed by atoms with Crippen molar-refractivity contribution in [2.75, 3.05) is 24.6 Å². The number of nitrogens with one attached hydrogen (secondary N) is 1. The van der Waals surface area contributed by atoms with Crippen LogP contribution in [0.2, 0.25) is 0 Å². The third-order valence-corrected chi connectivity index (χ3v) is 4.00. The van der Waals surface area contributed by atoms with Gasteiger partial charge in [0.25, 0.3) is 0 Å². The Balaban J connectivity index is 2.53. The highest BCUT2D eigenvalue weighted by atomic mass is 32.2. The molecule has 0 bridgehead atoms. The zero-order chi connectivity index (χ0) is 12.8. The SMILES string of the molecule is CC[C@H](C)[C@H](NC(=O)N1CCSCC1)C(=O)O. The largest absolute Gasteiger partial charge is 0.480 e. The van der Waals surface area contributed by atoms with Gasteiger partial charge in [-0.15, -0.1) is 0 Å². The molecule has 1 fully saturated rings. The van der Waals surface area contributed by atoms with E-state index >= 15 is 0 Å². The monoisotopic (exact) mass is 260 g/mol. The molecule has 1 aliphatic heterocycles. The first-order chi connectivity index (χ1) is 8.06. The molecule has 17 heavy (non-hydrogen) atoms. The van der Waals surface area contributed by atoms with Gasteiger partial charge in [-0.05, 0) is 5.92 Å². The second-order valence-electron chi connectivity index (χ2n) is 4.25. The van der Waals surface area contributed by atoms with Gasteiger partial charge in [0.05, 0.1) is 0 Å². The molecule has 0 aromatic carbocycles. The van der Waals surface area contributed by atoms with Crippen molar-refractivity contribution >= 4 is 23.8 Å². The minimum absolute atomic E-state index is 0.0596. The topological polar surface area (TPSA) is 69.6 Å². The van der Waals surface area contributed by atoms with Crippen molar-refractivity contribution in [3.63, 3.8) is 0 Å². The van der Waals surface area contributed by atoms with Crippen molar-refractivity contribution in [1.29, 1.82) is 0 Å². The van der Waals surface area contributed by atoms with Crippen LogP contribution in [0.15, 0.2) is 0 Å². The molecule has 0 unspecified atom stereocenters. The maximum atomic E-state index is 11.9. The molecule has 1 saturated heterocycles. The summed E-state index contributed by atoms with van der Waals surface area (Å²) < 4.78 is 0. The quantitative estimate of drug-likeness (QED) is 0.798. The normalized spacial score (nSPS) is 19.5. The van der Waals surface area contributed by atoms with Gasteiger partial charge in [0.1, 0.15) is 6.04 Å². The zero-order valence-electron chi connectivity index (χ0n) is 10.3. The summed E-state index contributed by atoms with van der Waals surface area (Å²) in [5, 5.41) is 11.7. The van der Waals surface area contributed by atoms with Crippen molar-refractivity contribution in [2.45, 2.75) is 26.3 Å². The predicted molar refractivity (Wildman–Crippen MR) is 68.3 cm³/mol. The molecule has 6 heteroatoms. The molecule has 0 aliphatic carbocycles. The van der Waals surface area contributed by atoms with E-state index in [-0.39, 0.29) is 11.9 Å². The standard InChI is InChI=1S/C11H20N2O3S/c1-3-8(2)9(10(14)15)12-11(16)13-4-6-17-7-5-13/h8-9H,3-7H2,1-2H3,(H,12,16)(H,14,15)/t8-,9-/m0/s1. The van der Waals surface area contributed by atoms with Crippen molar-refractivity contribution in [2.24, 2.45) is 5.92 Å². The number of carbonyl (C=O) groups is 2. The Labute approximate surface area is 106 Å². The van der Waals surface area contributed by atoms with E-state index in [9.17, 15) is 9.59 Å². The number of urea groups is 1. The summed E-state index contributed by atoms with van der Waals surface area (Å²) >= 11 is 1.81. The molecule has 2 amide bonds. The molecule has 0 saturated carbocycles. The molecule has 98 valence electrons. The molecular formula is C11H20N2O3S. The lowest BCUT2D eigenvalue weighted by atomic mass is 9.99. The number of thioether (sulfide) groups is 1. The maximum absolute atomic E-state index is 11.9. The van der Waals surface area contributed by atoms with Crippen LogP contribution in [0.3, 0.4) is 0 Å². The number of carbonyl (C=O) groups excluding carboxylic acids is 1. The molecule has 0 aromatic rings. The van der Waals surface area contributed by atoms with Gasteiger partial charge in [0.15, 0.2) is 0 Å². The van der Waals surface area contributed by atoms with Gasteiger partial charge in [0, 0.05) is 24.6 Å². The lowest BCUT2D eigenvalue weighted by molar-refractivity contribution is -0.140. The Morgan fingerprint density at radius 3 is 2.47 bits per heavy atom. The van der Waals surface area contributed by atoms with Crippen LogP contribution in [0.4, 0.5) is 4.79 Å². The van der Waals surface area contributed by atoms with Crippen LogP contribution in [0.25, 0.3) is 0 Å². The van der Waals surface area contributed by atoms with E-state index in [0.29, 0.717) is 13.1 Å². The first kappa shape index (κ1) is 14.2.